The zero-order valence-corrected chi connectivity index (χ0v) is 16.3. The lowest BCUT2D eigenvalue weighted by molar-refractivity contribution is 0.130. The second-order valence-electron chi connectivity index (χ2n) is 7.57. The highest BCUT2D eigenvalue weighted by Crippen LogP contribution is 2.31. The standard InChI is InChI=1S/C19H30N4O3/c1-13(2)17-12-26-19(24)23(17)18-11-16(20-14(3)21-18)15-5-7-22(8-6-15)9-10-25-4/h11,13,15,17H,5-10,12H2,1-4H3/t17-/m1/s1. The van der Waals surface area contributed by atoms with Crippen molar-refractivity contribution in [1.29, 1.82) is 0 Å². The number of likely N-dealkylation sites (tertiary alicyclic amines) is 1. The Bertz CT molecular complexity index is 629. The van der Waals surface area contributed by atoms with E-state index in [1.165, 1.54) is 0 Å². The van der Waals surface area contributed by atoms with Crippen LogP contribution >= 0.6 is 0 Å². The van der Waals surface area contributed by atoms with Gasteiger partial charge in [0.1, 0.15) is 18.2 Å². The van der Waals surface area contributed by atoms with Gasteiger partial charge in [0.25, 0.3) is 0 Å². The molecular formula is C19H30N4O3. The Morgan fingerprint density at radius 2 is 2.04 bits per heavy atom. The van der Waals surface area contributed by atoms with Gasteiger partial charge in [0.05, 0.1) is 12.6 Å². The van der Waals surface area contributed by atoms with Gasteiger partial charge in [0.15, 0.2) is 0 Å². The van der Waals surface area contributed by atoms with Crippen molar-refractivity contribution in [1.82, 2.24) is 14.9 Å². The van der Waals surface area contributed by atoms with Crippen molar-refractivity contribution >= 4 is 11.9 Å². The van der Waals surface area contributed by atoms with Crippen LogP contribution in [0.2, 0.25) is 0 Å². The van der Waals surface area contributed by atoms with Crippen molar-refractivity contribution in [2.75, 3.05) is 44.9 Å². The summed E-state index contributed by atoms with van der Waals surface area (Å²) in [5.74, 6) is 2.10. The third-order valence-electron chi connectivity index (χ3n) is 5.38. The van der Waals surface area contributed by atoms with Gasteiger partial charge in [-0.25, -0.2) is 14.8 Å². The number of aromatic nitrogens is 2. The van der Waals surface area contributed by atoms with Gasteiger partial charge in [-0.05, 0) is 38.8 Å². The molecule has 2 fully saturated rings. The Balaban J connectivity index is 1.75. The van der Waals surface area contributed by atoms with Gasteiger partial charge in [-0.1, -0.05) is 13.8 Å². The minimum atomic E-state index is -0.304. The minimum Gasteiger partial charge on any atom is -0.447 e. The fraction of sp³-hybridized carbons (Fsp3) is 0.737. The van der Waals surface area contributed by atoms with E-state index in [1.54, 1.807) is 12.0 Å². The SMILES string of the molecule is COCCN1CCC(c2cc(N3C(=O)OC[C@@H]3C(C)C)nc(C)n2)CC1. The summed E-state index contributed by atoms with van der Waals surface area (Å²) >= 11 is 0. The molecule has 3 rings (SSSR count). The molecule has 26 heavy (non-hydrogen) atoms. The van der Waals surface area contributed by atoms with Crippen molar-refractivity contribution in [3.05, 3.63) is 17.6 Å². The maximum absolute atomic E-state index is 12.3. The van der Waals surface area contributed by atoms with Crippen LogP contribution in [0.5, 0.6) is 0 Å². The third kappa shape index (κ3) is 4.15. The lowest BCUT2D eigenvalue weighted by atomic mass is 9.93. The van der Waals surface area contributed by atoms with Crippen LogP contribution in [0.25, 0.3) is 0 Å². The second-order valence-corrected chi connectivity index (χ2v) is 7.57. The number of cyclic esters (lactones) is 1. The normalized spacial score (nSPS) is 22.3. The monoisotopic (exact) mass is 362 g/mol. The van der Waals surface area contributed by atoms with E-state index in [9.17, 15) is 4.79 Å². The molecule has 7 heteroatoms. The number of methoxy groups -OCH3 is 1. The Kier molecular flexibility index (Phi) is 6.09. The number of carbonyl (C=O) groups is 1. The molecule has 144 valence electrons. The summed E-state index contributed by atoms with van der Waals surface area (Å²) in [7, 11) is 1.74. The Hall–Kier alpha value is -1.73. The van der Waals surface area contributed by atoms with E-state index in [0.29, 0.717) is 30.1 Å². The summed E-state index contributed by atoms with van der Waals surface area (Å²) in [6, 6.07) is 2.02. The molecule has 0 aliphatic carbocycles. The number of piperidine rings is 1. The number of carbonyl (C=O) groups excluding carboxylic acids is 1. The Morgan fingerprint density at radius 1 is 1.31 bits per heavy atom. The van der Waals surface area contributed by atoms with Crippen LogP contribution in [0.3, 0.4) is 0 Å². The zero-order valence-electron chi connectivity index (χ0n) is 16.3. The van der Waals surface area contributed by atoms with Gasteiger partial charge in [-0.2, -0.15) is 0 Å². The van der Waals surface area contributed by atoms with Gasteiger partial charge >= 0.3 is 6.09 Å². The molecule has 1 atom stereocenters. The van der Waals surface area contributed by atoms with E-state index in [1.807, 2.05) is 13.0 Å². The summed E-state index contributed by atoms with van der Waals surface area (Å²) in [4.78, 5) is 25.6. The number of rotatable bonds is 6. The van der Waals surface area contributed by atoms with Crippen LogP contribution in [0.1, 0.15) is 44.1 Å². The topological polar surface area (TPSA) is 67.8 Å². The number of ether oxygens (including phenoxy) is 2. The molecule has 0 saturated carbocycles. The number of hydrogen-bond donors (Lipinski definition) is 0. The highest BCUT2D eigenvalue weighted by atomic mass is 16.6. The summed E-state index contributed by atoms with van der Waals surface area (Å²) in [5, 5.41) is 0. The molecule has 2 aliphatic rings. The fourth-order valence-electron chi connectivity index (χ4n) is 3.77. The summed E-state index contributed by atoms with van der Waals surface area (Å²) in [6.07, 6.45) is 1.83. The fourth-order valence-corrected chi connectivity index (χ4v) is 3.77. The second kappa shape index (κ2) is 8.31. The number of nitrogens with zero attached hydrogens (tertiary/aromatic N) is 4. The number of anilines is 1. The zero-order chi connectivity index (χ0) is 18.7. The van der Waals surface area contributed by atoms with E-state index in [0.717, 1.165) is 44.8 Å². The van der Waals surface area contributed by atoms with Crippen LogP contribution in [-0.2, 0) is 9.47 Å². The van der Waals surface area contributed by atoms with Crippen LogP contribution in [-0.4, -0.2) is 67.0 Å². The molecule has 0 unspecified atom stereocenters. The molecule has 1 amide bonds. The molecule has 7 nitrogen and oxygen atoms in total. The predicted molar refractivity (Wildman–Crippen MR) is 99.5 cm³/mol. The molecule has 0 aromatic carbocycles. The number of aryl methyl sites for hydroxylation is 1. The van der Waals surface area contributed by atoms with Crippen molar-refractivity contribution in [3.63, 3.8) is 0 Å². The first-order chi connectivity index (χ1) is 12.5. The molecule has 0 N–H and O–H groups in total. The molecule has 0 bridgehead atoms. The first kappa shape index (κ1) is 19.0. The predicted octanol–water partition coefficient (Wildman–Crippen LogP) is 2.59. The Morgan fingerprint density at radius 3 is 2.69 bits per heavy atom. The summed E-state index contributed by atoms with van der Waals surface area (Å²) < 4.78 is 10.5. The van der Waals surface area contributed by atoms with E-state index in [2.05, 4.69) is 28.7 Å². The smallest absolute Gasteiger partial charge is 0.415 e. The molecule has 1 aromatic heterocycles. The third-order valence-corrected chi connectivity index (χ3v) is 5.38. The molecule has 0 spiro atoms. The molecular weight excluding hydrogens is 332 g/mol. The van der Waals surface area contributed by atoms with Crippen molar-refractivity contribution < 1.29 is 14.3 Å². The molecule has 2 saturated heterocycles. The van der Waals surface area contributed by atoms with Gasteiger partial charge in [-0.15, -0.1) is 0 Å². The lowest BCUT2D eigenvalue weighted by Crippen LogP contribution is -2.38. The van der Waals surface area contributed by atoms with E-state index in [-0.39, 0.29) is 12.1 Å². The minimum absolute atomic E-state index is 0.0283. The van der Waals surface area contributed by atoms with Crippen LogP contribution in [0.15, 0.2) is 6.07 Å². The van der Waals surface area contributed by atoms with Crippen LogP contribution < -0.4 is 4.90 Å². The van der Waals surface area contributed by atoms with E-state index >= 15 is 0 Å². The highest BCUT2D eigenvalue weighted by molar-refractivity contribution is 5.89. The van der Waals surface area contributed by atoms with Gasteiger partial charge in [0, 0.05) is 31.3 Å². The maximum Gasteiger partial charge on any atom is 0.415 e. The summed E-state index contributed by atoms with van der Waals surface area (Å²) in [6.45, 7) is 10.4. The molecule has 3 heterocycles. The number of amides is 1. The molecule has 0 radical (unpaired) electrons. The van der Waals surface area contributed by atoms with Crippen LogP contribution in [0, 0.1) is 12.8 Å². The molecule has 1 aromatic rings. The first-order valence-electron chi connectivity index (χ1n) is 9.52. The van der Waals surface area contributed by atoms with Gasteiger partial charge < -0.3 is 14.4 Å². The van der Waals surface area contributed by atoms with Crippen LogP contribution in [0.4, 0.5) is 10.6 Å². The van der Waals surface area contributed by atoms with Gasteiger partial charge in [0.2, 0.25) is 0 Å². The van der Waals surface area contributed by atoms with Crippen molar-refractivity contribution in [2.45, 2.75) is 45.6 Å². The Labute approximate surface area is 155 Å². The lowest BCUT2D eigenvalue weighted by Gasteiger charge is -2.32. The average molecular weight is 362 g/mol. The van der Waals surface area contributed by atoms with E-state index < -0.39 is 0 Å². The first-order valence-corrected chi connectivity index (χ1v) is 9.52. The molecule has 2 aliphatic heterocycles. The average Bonchev–Trinajstić information content (AvgIpc) is 3.02. The maximum atomic E-state index is 12.3. The van der Waals surface area contributed by atoms with Crippen molar-refractivity contribution in [2.24, 2.45) is 5.92 Å². The quantitative estimate of drug-likeness (QED) is 0.775. The number of hydrogen-bond acceptors (Lipinski definition) is 6. The largest absolute Gasteiger partial charge is 0.447 e. The van der Waals surface area contributed by atoms with Gasteiger partial charge in [-0.3, -0.25) is 4.90 Å². The van der Waals surface area contributed by atoms with Crippen molar-refractivity contribution in [3.8, 4) is 0 Å². The highest BCUT2D eigenvalue weighted by Gasteiger charge is 2.37. The summed E-state index contributed by atoms with van der Waals surface area (Å²) in [5.41, 5.74) is 1.04. The van der Waals surface area contributed by atoms with E-state index in [4.69, 9.17) is 9.47 Å².